The zero-order valence-corrected chi connectivity index (χ0v) is 12.3. The zero-order chi connectivity index (χ0) is 17.7. The van der Waals surface area contributed by atoms with Gasteiger partial charge < -0.3 is 14.7 Å². The van der Waals surface area contributed by atoms with E-state index < -0.39 is 21.2 Å². The first-order valence-electron chi connectivity index (χ1n) is 6.42. The Kier molecular flexibility index (Phi) is 4.90. The van der Waals surface area contributed by atoms with Crippen LogP contribution < -0.4 is 9.47 Å². The molecule has 124 valence electrons. The van der Waals surface area contributed by atoms with Gasteiger partial charge in [-0.1, -0.05) is 5.16 Å². The number of oxime groups is 1. The van der Waals surface area contributed by atoms with Crippen LogP contribution in [0, 0.1) is 20.2 Å². The highest BCUT2D eigenvalue weighted by atomic mass is 16.6. The Balaban J connectivity index is 2.43. The highest BCUT2D eigenvalue weighted by molar-refractivity contribution is 5.80. The molecule has 0 saturated heterocycles. The first-order valence-corrected chi connectivity index (χ1v) is 6.42. The van der Waals surface area contributed by atoms with Crippen LogP contribution in [0.1, 0.15) is 5.56 Å². The molecule has 10 nitrogen and oxygen atoms in total. The predicted molar refractivity (Wildman–Crippen MR) is 82.2 cm³/mol. The van der Waals surface area contributed by atoms with Crippen molar-refractivity contribution in [2.24, 2.45) is 5.16 Å². The molecule has 0 fully saturated rings. The third-order valence-electron chi connectivity index (χ3n) is 2.92. The molecule has 2 aromatic rings. The molecule has 0 amide bonds. The Morgan fingerprint density at radius 3 is 2.17 bits per heavy atom. The quantitative estimate of drug-likeness (QED) is 0.371. The molecule has 0 bridgehead atoms. The second-order valence-corrected chi connectivity index (χ2v) is 4.46. The number of nitrogens with zero attached hydrogens (tertiary/aromatic N) is 3. The second kappa shape index (κ2) is 7.05. The summed E-state index contributed by atoms with van der Waals surface area (Å²) in [5.41, 5.74) is -0.420. The third-order valence-corrected chi connectivity index (χ3v) is 2.92. The molecule has 10 heteroatoms. The molecule has 0 heterocycles. The standard InChI is InChI=1S/C14H11N3O7/c1-23-14-4-9(8-15-18)2-3-13(14)24-12-6-10(16(19)20)5-11(7-12)17(21)22/h2-8,18H,1H3/b15-8+. The summed E-state index contributed by atoms with van der Waals surface area (Å²) < 4.78 is 10.6. The number of rotatable bonds is 6. The lowest BCUT2D eigenvalue weighted by Gasteiger charge is -2.10. The normalized spacial score (nSPS) is 10.5. The van der Waals surface area contributed by atoms with Crippen LogP contribution in [0.2, 0.25) is 0 Å². The van der Waals surface area contributed by atoms with Crippen LogP contribution in [0.3, 0.4) is 0 Å². The second-order valence-electron chi connectivity index (χ2n) is 4.46. The summed E-state index contributed by atoms with van der Waals surface area (Å²) >= 11 is 0. The van der Waals surface area contributed by atoms with Crippen LogP contribution in [0.5, 0.6) is 17.2 Å². The number of nitro benzene ring substituents is 2. The minimum absolute atomic E-state index is 0.0854. The first-order chi connectivity index (χ1) is 11.4. The Hall–Kier alpha value is -3.69. The fourth-order valence-electron chi connectivity index (χ4n) is 1.88. The van der Waals surface area contributed by atoms with Gasteiger partial charge in [0.15, 0.2) is 11.5 Å². The van der Waals surface area contributed by atoms with E-state index in [1.54, 1.807) is 6.07 Å². The molecule has 2 rings (SSSR count). The Labute approximate surface area is 134 Å². The van der Waals surface area contributed by atoms with Gasteiger partial charge in [-0.15, -0.1) is 0 Å². The van der Waals surface area contributed by atoms with Gasteiger partial charge in [0.1, 0.15) is 5.75 Å². The number of hydrogen-bond donors (Lipinski definition) is 1. The molecule has 0 saturated carbocycles. The van der Waals surface area contributed by atoms with Gasteiger partial charge in [0, 0.05) is 5.56 Å². The van der Waals surface area contributed by atoms with Gasteiger partial charge in [-0.2, -0.15) is 0 Å². The van der Waals surface area contributed by atoms with Crippen molar-refractivity contribution in [1.29, 1.82) is 0 Å². The summed E-state index contributed by atoms with van der Waals surface area (Å²) in [5, 5.41) is 33.2. The average molecular weight is 333 g/mol. The van der Waals surface area contributed by atoms with Gasteiger partial charge in [0.25, 0.3) is 11.4 Å². The number of ether oxygens (including phenoxy) is 2. The van der Waals surface area contributed by atoms with Gasteiger partial charge in [0.2, 0.25) is 0 Å². The van der Waals surface area contributed by atoms with Gasteiger partial charge in [0.05, 0.1) is 41.4 Å². The van der Waals surface area contributed by atoms with Crippen molar-refractivity contribution in [2.45, 2.75) is 0 Å². The maximum Gasteiger partial charge on any atom is 0.280 e. The molecule has 24 heavy (non-hydrogen) atoms. The number of non-ortho nitro benzene ring substituents is 2. The lowest BCUT2D eigenvalue weighted by Crippen LogP contribution is -1.96. The molecule has 0 atom stereocenters. The smallest absolute Gasteiger partial charge is 0.280 e. The van der Waals surface area contributed by atoms with Crippen molar-refractivity contribution in [2.75, 3.05) is 7.11 Å². The van der Waals surface area contributed by atoms with Gasteiger partial charge >= 0.3 is 0 Å². The molecule has 2 aromatic carbocycles. The largest absolute Gasteiger partial charge is 0.493 e. The van der Waals surface area contributed by atoms with E-state index >= 15 is 0 Å². The number of nitro groups is 2. The molecular formula is C14H11N3O7. The summed E-state index contributed by atoms with van der Waals surface area (Å²) in [4.78, 5) is 20.3. The van der Waals surface area contributed by atoms with E-state index in [-0.39, 0.29) is 17.2 Å². The van der Waals surface area contributed by atoms with E-state index in [9.17, 15) is 20.2 Å². The summed E-state index contributed by atoms with van der Waals surface area (Å²) in [6.07, 6.45) is 1.17. The Bertz CT molecular complexity index is 788. The van der Waals surface area contributed by atoms with Crippen molar-refractivity contribution in [3.63, 3.8) is 0 Å². The molecule has 0 radical (unpaired) electrons. The van der Waals surface area contributed by atoms with Crippen LogP contribution in [0.25, 0.3) is 0 Å². The lowest BCUT2D eigenvalue weighted by molar-refractivity contribution is -0.394. The van der Waals surface area contributed by atoms with Crippen LogP contribution in [-0.4, -0.2) is 28.4 Å². The molecule has 0 aliphatic carbocycles. The highest BCUT2D eigenvalue weighted by Crippen LogP contribution is 2.35. The summed E-state index contributed by atoms with van der Waals surface area (Å²) in [5.74, 6) is 0.349. The molecular weight excluding hydrogens is 322 g/mol. The van der Waals surface area contributed by atoms with E-state index in [1.807, 2.05) is 0 Å². The number of methoxy groups -OCH3 is 1. The highest BCUT2D eigenvalue weighted by Gasteiger charge is 2.18. The van der Waals surface area contributed by atoms with Crippen molar-refractivity contribution in [3.8, 4) is 17.2 Å². The van der Waals surface area contributed by atoms with E-state index in [0.29, 0.717) is 5.56 Å². The van der Waals surface area contributed by atoms with Crippen molar-refractivity contribution in [3.05, 3.63) is 62.2 Å². The van der Waals surface area contributed by atoms with Gasteiger partial charge in [-0.3, -0.25) is 20.2 Å². The minimum Gasteiger partial charge on any atom is -0.493 e. The average Bonchev–Trinajstić information content (AvgIpc) is 2.56. The minimum atomic E-state index is -0.752. The van der Waals surface area contributed by atoms with E-state index in [4.69, 9.17) is 14.7 Å². The van der Waals surface area contributed by atoms with Crippen molar-refractivity contribution in [1.82, 2.24) is 0 Å². The monoisotopic (exact) mass is 333 g/mol. The summed E-state index contributed by atoms with van der Waals surface area (Å²) in [7, 11) is 1.37. The van der Waals surface area contributed by atoms with Gasteiger partial charge in [-0.25, -0.2) is 0 Å². The number of hydrogen-bond acceptors (Lipinski definition) is 8. The Morgan fingerprint density at radius 2 is 1.67 bits per heavy atom. The van der Waals surface area contributed by atoms with Crippen LogP contribution in [0.4, 0.5) is 11.4 Å². The topological polar surface area (TPSA) is 137 Å². The van der Waals surface area contributed by atoms with Crippen LogP contribution in [0.15, 0.2) is 41.6 Å². The molecule has 0 aliphatic heterocycles. The summed E-state index contributed by atoms with van der Waals surface area (Å²) in [6, 6.07) is 7.49. The predicted octanol–water partition coefficient (Wildman–Crippen LogP) is 3.11. The fraction of sp³-hybridized carbons (Fsp3) is 0.0714. The lowest BCUT2D eigenvalue weighted by atomic mass is 10.2. The SMILES string of the molecule is COc1cc(/C=N/O)ccc1Oc1cc([N+](=O)[O-])cc([N+](=O)[O-])c1. The maximum atomic E-state index is 10.9. The zero-order valence-electron chi connectivity index (χ0n) is 12.3. The van der Waals surface area contributed by atoms with E-state index in [0.717, 1.165) is 18.2 Å². The van der Waals surface area contributed by atoms with Gasteiger partial charge in [-0.05, 0) is 18.2 Å². The van der Waals surface area contributed by atoms with Crippen LogP contribution >= 0.6 is 0 Å². The molecule has 0 aromatic heterocycles. The van der Waals surface area contributed by atoms with Crippen LogP contribution in [-0.2, 0) is 0 Å². The van der Waals surface area contributed by atoms with E-state index in [2.05, 4.69) is 5.16 Å². The fourth-order valence-corrected chi connectivity index (χ4v) is 1.88. The molecule has 0 unspecified atom stereocenters. The van der Waals surface area contributed by atoms with E-state index in [1.165, 1.54) is 25.5 Å². The van der Waals surface area contributed by atoms with Crippen molar-refractivity contribution < 1.29 is 24.5 Å². The molecule has 0 spiro atoms. The Morgan fingerprint density at radius 1 is 1.04 bits per heavy atom. The summed E-state index contributed by atoms with van der Waals surface area (Å²) in [6.45, 7) is 0. The molecule has 0 aliphatic rings. The van der Waals surface area contributed by atoms with Crippen molar-refractivity contribution >= 4 is 17.6 Å². The number of benzene rings is 2. The molecule has 1 N–H and O–H groups in total. The third kappa shape index (κ3) is 3.74. The maximum absolute atomic E-state index is 10.9. The first kappa shape index (κ1) is 16.7.